The van der Waals surface area contributed by atoms with E-state index < -0.39 is 4.92 Å². The molecule has 2 aliphatic heterocycles. The monoisotopic (exact) mass is 386 g/mol. The van der Waals surface area contributed by atoms with Crippen LogP contribution in [0.1, 0.15) is 5.56 Å². The van der Waals surface area contributed by atoms with Gasteiger partial charge in [0.2, 0.25) is 6.79 Å². The topological polar surface area (TPSA) is 81.9 Å². The number of nitro benzene ring substituents is 1. The van der Waals surface area contributed by atoms with Crippen molar-refractivity contribution in [3.05, 3.63) is 63.0 Å². The number of amides is 1. The highest BCUT2D eigenvalue weighted by Gasteiger charge is 2.34. The molecule has 2 aromatic carbocycles. The summed E-state index contributed by atoms with van der Waals surface area (Å²) < 4.78 is 10.8. The van der Waals surface area contributed by atoms with E-state index in [9.17, 15) is 14.9 Å². The Morgan fingerprint density at radius 3 is 2.58 bits per heavy atom. The third-order valence-corrected chi connectivity index (χ3v) is 5.12. The summed E-state index contributed by atoms with van der Waals surface area (Å²) in [6.07, 6.45) is 1.46. The Kier molecular flexibility index (Phi) is 4.09. The summed E-state index contributed by atoms with van der Waals surface area (Å²) in [5.74, 6) is 0.393. The van der Waals surface area contributed by atoms with Crippen molar-refractivity contribution >= 4 is 51.7 Å². The number of benzene rings is 2. The lowest BCUT2D eigenvalue weighted by Gasteiger charge is -2.13. The average molecular weight is 386 g/mol. The Labute approximate surface area is 157 Å². The molecule has 130 valence electrons. The fourth-order valence-corrected chi connectivity index (χ4v) is 3.92. The molecule has 26 heavy (non-hydrogen) atoms. The van der Waals surface area contributed by atoms with E-state index in [-0.39, 0.29) is 24.0 Å². The molecule has 2 aromatic rings. The largest absolute Gasteiger partial charge is 0.454 e. The first-order chi connectivity index (χ1) is 12.5. The van der Waals surface area contributed by atoms with E-state index in [1.807, 2.05) is 6.07 Å². The minimum atomic E-state index is -0.522. The Hall–Kier alpha value is -2.91. The van der Waals surface area contributed by atoms with Gasteiger partial charge in [0.1, 0.15) is 0 Å². The van der Waals surface area contributed by atoms with E-state index in [0.717, 1.165) is 11.8 Å². The Balaban J connectivity index is 1.75. The average Bonchev–Trinajstić information content (AvgIpc) is 3.19. The van der Waals surface area contributed by atoms with Gasteiger partial charge in [0.15, 0.2) is 15.8 Å². The molecule has 4 rings (SSSR count). The quantitative estimate of drug-likeness (QED) is 0.344. The molecule has 0 radical (unpaired) electrons. The molecule has 1 fully saturated rings. The number of rotatable bonds is 3. The second-order valence-electron chi connectivity index (χ2n) is 5.37. The van der Waals surface area contributed by atoms with Crippen LogP contribution in [0, 0.1) is 10.1 Å². The molecule has 0 unspecified atom stereocenters. The molecule has 0 saturated carbocycles. The zero-order valence-electron chi connectivity index (χ0n) is 13.1. The number of hydrogen-bond donors (Lipinski definition) is 0. The predicted molar refractivity (Wildman–Crippen MR) is 101 cm³/mol. The van der Waals surface area contributed by atoms with Crippen molar-refractivity contribution in [3.8, 4) is 11.5 Å². The molecule has 0 atom stereocenters. The van der Waals surface area contributed by atoms with Gasteiger partial charge in [-0.1, -0.05) is 42.2 Å². The summed E-state index contributed by atoms with van der Waals surface area (Å²) in [5, 5.41) is 11.4. The predicted octanol–water partition coefficient (Wildman–Crippen LogP) is 3.73. The van der Waals surface area contributed by atoms with Crippen LogP contribution in [0.25, 0.3) is 6.08 Å². The smallest absolute Gasteiger partial charge is 0.280 e. The molecule has 0 aliphatic carbocycles. The van der Waals surface area contributed by atoms with Gasteiger partial charge < -0.3 is 9.47 Å². The maximum atomic E-state index is 12.8. The molecule has 0 N–H and O–H groups in total. The van der Waals surface area contributed by atoms with Crippen molar-refractivity contribution in [1.29, 1.82) is 0 Å². The minimum Gasteiger partial charge on any atom is -0.454 e. The minimum absolute atomic E-state index is 0.00602. The van der Waals surface area contributed by atoms with Crippen LogP contribution in [0.15, 0.2) is 47.4 Å². The van der Waals surface area contributed by atoms with E-state index in [0.29, 0.717) is 26.4 Å². The first kappa shape index (κ1) is 16.6. The number of hydrogen-bond acceptors (Lipinski definition) is 7. The number of nitro groups is 1. The maximum absolute atomic E-state index is 12.8. The maximum Gasteiger partial charge on any atom is 0.280 e. The highest BCUT2D eigenvalue weighted by atomic mass is 32.2. The number of para-hydroxylation sites is 1. The molecule has 0 bridgehead atoms. The molecule has 7 nitrogen and oxygen atoms in total. The molecule has 0 aromatic heterocycles. The zero-order chi connectivity index (χ0) is 18.3. The SMILES string of the molecule is O=C1/C(=C/c2cc3c(cc2[N+](=O)[O-])OCO3)SC(=S)N1c1ccccc1. The molecule has 9 heteroatoms. The van der Waals surface area contributed by atoms with Crippen LogP contribution in [0.5, 0.6) is 11.5 Å². The zero-order valence-corrected chi connectivity index (χ0v) is 14.7. The van der Waals surface area contributed by atoms with Gasteiger partial charge in [-0.2, -0.15) is 0 Å². The van der Waals surface area contributed by atoms with Crippen molar-refractivity contribution in [3.63, 3.8) is 0 Å². The van der Waals surface area contributed by atoms with E-state index in [1.165, 1.54) is 23.1 Å². The Morgan fingerprint density at radius 1 is 1.19 bits per heavy atom. The van der Waals surface area contributed by atoms with E-state index >= 15 is 0 Å². The lowest BCUT2D eigenvalue weighted by molar-refractivity contribution is -0.385. The number of nitrogens with zero attached hydrogens (tertiary/aromatic N) is 2. The van der Waals surface area contributed by atoms with Gasteiger partial charge in [0.05, 0.1) is 27.1 Å². The highest BCUT2D eigenvalue weighted by Crippen LogP contribution is 2.41. The Bertz CT molecular complexity index is 975. The highest BCUT2D eigenvalue weighted by molar-refractivity contribution is 8.27. The lowest BCUT2D eigenvalue weighted by Crippen LogP contribution is -2.27. The van der Waals surface area contributed by atoms with E-state index in [1.54, 1.807) is 24.3 Å². The van der Waals surface area contributed by atoms with Crippen molar-refractivity contribution in [2.45, 2.75) is 0 Å². The van der Waals surface area contributed by atoms with Gasteiger partial charge in [-0.25, -0.2) is 0 Å². The first-order valence-electron chi connectivity index (χ1n) is 7.45. The fourth-order valence-electron chi connectivity index (χ4n) is 2.63. The van der Waals surface area contributed by atoms with E-state index in [4.69, 9.17) is 21.7 Å². The number of fused-ring (bicyclic) bond motifs is 1. The van der Waals surface area contributed by atoms with Gasteiger partial charge in [-0.05, 0) is 24.3 Å². The molecular weight excluding hydrogens is 376 g/mol. The van der Waals surface area contributed by atoms with Gasteiger partial charge in [0, 0.05) is 0 Å². The van der Waals surface area contributed by atoms with Crippen LogP contribution in [0.4, 0.5) is 11.4 Å². The number of thioether (sulfide) groups is 1. The third-order valence-electron chi connectivity index (χ3n) is 3.81. The molecular formula is C17H10N2O5S2. The van der Waals surface area contributed by atoms with Crippen LogP contribution in [-0.2, 0) is 4.79 Å². The van der Waals surface area contributed by atoms with Gasteiger partial charge in [-0.15, -0.1) is 0 Å². The molecule has 2 aliphatic rings. The number of carbonyl (C=O) groups excluding carboxylic acids is 1. The van der Waals surface area contributed by atoms with Crippen LogP contribution in [0.3, 0.4) is 0 Å². The third kappa shape index (κ3) is 2.80. The van der Waals surface area contributed by atoms with Gasteiger partial charge >= 0.3 is 0 Å². The number of carbonyl (C=O) groups is 1. The molecule has 2 heterocycles. The standard InChI is InChI=1S/C17H10N2O5S2/c20-16-15(26-17(25)18(16)11-4-2-1-3-5-11)7-10-6-13-14(24-9-23-13)8-12(10)19(21)22/h1-8H,9H2/b15-7-. The fraction of sp³-hybridized carbons (Fsp3) is 0.0588. The van der Waals surface area contributed by atoms with Crippen molar-refractivity contribution in [1.82, 2.24) is 0 Å². The normalized spacial score (nSPS) is 17.2. The van der Waals surface area contributed by atoms with Crippen molar-refractivity contribution < 1.29 is 19.2 Å². The lowest BCUT2D eigenvalue weighted by atomic mass is 10.1. The second kappa shape index (κ2) is 6.43. The molecule has 0 spiro atoms. The first-order valence-corrected chi connectivity index (χ1v) is 8.68. The molecule has 1 amide bonds. The second-order valence-corrected chi connectivity index (χ2v) is 7.05. The summed E-state index contributed by atoms with van der Waals surface area (Å²) >= 11 is 6.40. The summed E-state index contributed by atoms with van der Waals surface area (Å²) in [6, 6.07) is 11.8. The molecule has 1 saturated heterocycles. The van der Waals surface area contributed by atoms with Crippen molar-refractivity contribution in [2.75, 3.05) is 11.7 Å². The Morgan fingerprint density at radius 2 is 1.88 bits per heavy atom. The summed E-state index contributed by atoms with van der Waals surface area (Å²) in [6.45, 7) is 0.00602. The van der Waals surface area contributed by atoms with E-state index in [2.05, 4.69) is 0 Å². The summed E-state index contributed by atoms with van der Waals surface area (Å²) in [4.78, 5) is 25.3. The summed E-state index contributed by atoms with van der Waals surface area (Å²) in [7, 11) is 0. The van der Waals surface area contributed by atoms with Crippen LogP contribution >= 0.6 is 24.0 Å². The number of anilines is 1. The van der Waals surface area contributed by atoms with Crippen LogP contribution < -0.4 is 14.4 Å². The number of ether oxygens (including phenoxy) is 2. The van der Waals surface area contributed by atoms with Gasteiger partial charge in [-0.3, -0.25) is 19.8 Å². The van der Waals surface area contributed by atoms with Crippen molar-refractivity contribution in [2.24, 2.45) is 0 Å². The van der Waals surface area contributed by atoms with Gasteiger partial charge in [0.25, 0.3) is 11.6 Å². The number of thiocarbonyl (C=S) groups is 1. The summed E-state index contributed by atoms with van der Waals surface area (Å²) in [5.41, 5.74) is 0.741. The van der Waals surface area contributed by atoms with Crippen LogP contribution in [0.2, 0.25) is 0 Å². The van der Waals surface area contributed by atoms with Crippen LogP contribution in [-0.4, -0.2) is 21.9 Å².